The van der Waals surface area contributed by atoms with Gasteiger partial charge in [0.05, 0.1) is 11.0 Å². The van der Waals surface area contributed by atoms with E-state index in [1.54, 1.807) is 17.0 Å². The fraction of sp³-hybridized carbons (Fsp3) is 0.458. The summed E-state index contributed by atoms with van der Waals surface area (Å²) in [7, 11) is 0. The van der Waals surface area contributed by atoms with Gasteiger partial charge in [-0.3, -0.25) is 19.6 Å². The number of amides is 1. The number of hydrogen-bond acceptors (Lipinski definition) is 6. The Morgan fingerprint density at radius 3 is 2.09 bits per heavy atom. The average Bonchev–Trinajstić information content (AvgIpc) is 2.81. The average molecular weight is 464 g/mol. The van der Waals surface area contributed by atoms with Crippen LogP contribution in [0.2, 0.25) is 0 Å². The van der Waals surface area contributed by atoms with E-state index in [1.807, 2.05) is 45.9 Å². The van der Waals surface area contributed by atoms with Gasteiger partial charge in [-0.25, -0.2) is 0 Å². The number of aryl methyl sites for hydroxylation is 1. The zero-order valence-corrected chi connectivity index (χ0v) is 20.6. The monoisotopic (exact) mass is 463 g/mol. The maximum atomic E-state index is 11.8. The molecule has 0 aliphatic heterocycles. The van der Waals surface area contributed by atoms with Crippen LogP contribution in [-0.2, 0) is 4.79 Å². The molecule has 0 spiro atoms. The quantitative estimate of drug-likeness (QED) is 0.285. The van der Waals surface area contributed by atoms with Crippen LogP contribution in [0.25, 0.3) is 0 Å². The third-order valence-electron chi connectivity index (χ3n) is 4.30. The summed E-state index contributed by atoms with van der Waals surface area (Å²) >= 11 is 1.29. The molecule has 2 aromatic carbocycles. The van der Waals surface area contributed by atoms with Crippen molar-refractivity contribution in [2.24, 2.45) is 0 Å². The summed E-state index contributed by atoms with van der Waals surface area (Å²) in [5.41, 5.74) is 1.37. The van der Waals surface area contributed by atoms with Crippen LogP contribution in [0, 0.1) is 17.0 Å². The number of non-ortho nitro benzene ring substituents is 1. The molecule has 0 saturated carbocycles. The smallest absolute Gasteiger partial charge is 0.269 e. The first-order valence-electron chi connectivity index (χ1n) is 11.0. The third-order valence-corrected chi connectivity index (χ3v) is 5.12. The molecule has 0 fully saturated rings. The van der Waals surface area contributed by atoms with Gasteiger partial charge in [-0.05, 0) is 51.3 Å². The van der Waals surface area contributed by atoms with Crippen molar-refractivity contribution in [2.75, 3.05) is 19.6 Å². The van der Waals surface area contributed by atoms with Crippen molar-refractivity contribution in [3.8, 4) is 0 Å². The molecule has 0 radical (unpaired) electrons. The fourth-order valence-corrected chi connectivity index (χ4v) is 3.23. The molecule has 2 N–H and O–H groups in total. The van der Waals surface area contributed by atoms with E-state index in [1.165, 1.54) is 29.6 Å². The number of rotatable bonds is 10. The van der Waals surface area contributed by atoms with E-state index in [2.05, 4.69) is 23.8 Å². The summed E-state index contributed by atoms with van der Waals surface area (Å²) in [5.74, 6) is 0.0528. The fourth-order valence-electron chi connectivity index (χ4n) is 2.52. The molecule has 1 atom stereocenters. The van der Waals surface area contributed by atoms with Gasteiger partial charge in [0.1, 0.15) is 0 Å². The van der Waals surface area contributed by atoms with Crippen LogP contribution in [0.5, 0.6) is 0 Å². The van der Waals surface area contributed by atoms with E-state index in [0.29, 0.717) is 32.5 Å². The van der Waals surface area contributed by atoms with E-state index in [0.717, 1.165) is 4.90 Å². The van der Waals surface area contributed by atoms with Crippen LogP contribution in [0.4, 0.5) is 5.69 Å². The molecular formula is C24H37N3O4S. The molecule has 1 unspecified atom stereocenters. The summed E-state index contributed by atoms with van der Waals surface area (Å²) in [6.07, 6.45) is 0.121. The van der Waals surface area contributed by atoms with Crippen molar-refractivity contribution in [1.82, 2.24) is 9.62 Å². The molecule has 0 aliphatic rings. The molecular weight excluding hydrogens is 426 g/mol. The van der Waals surface area contributed by atoms with E-state index in [4.69, 9.17) is 0 Å². The SMILES string of the molecule is CC.CCN(CC)C(=O)CCC(O)CNSc1ccc([N+](=O)[O-])cc1.Cc1ccccc1. The molecule has 0 aliphatic carbocycles. The van der Waals surface area contributed by atoms with Crippen molar-refractivity contribution in [1.29, 1.82) is 0 Å². The number of hydrogen-bond donors (Lipinski definition) is 2. The Kier molecular flexibility index (Phi) is 16.8. The summed E-state index contributed by atoms with van der Waals surface area (Å²) in [6, 6.07) is 16.4. The lowest BCUT2D eigenvalue weighted by atomic mass is 10.2. The van der Waals surface area contributed by atoms with Gasteiger partial charge in [0.25, 0.3) is 5.69 Å². The zero-order chi connectivity index (χ0) is 24.4. The molecule has 1 amide bonds. The normalized spacial score (nSPS) is 10.7. The number of benzene rings is 2. The number of nitrogens with one attached hydrogen (secondary N) is 1. The van der Waals surface area contributed by atoms with Gasteiger partial charge in [0.2, 0.25) is 5.91 Å². The van der Waals surface area contributed by atoms with Crippen LogP contribution < -0.4 is 4.72 Å². The number of carbonyl (C=O) groups is 1. The second-order valence-electron chi connectivity index (χ2n) is 6.61. The van der Waals surface area contributed by atoms with Crippen molar-refractivity contribution >= 4 is 23.5 Å². The second kappa shape index (κ2) is 18.2. The first kappa shape index (κ1) is 29.6. The number of carbonyl (C=O) groups excluding carboxylic acids is 1. The Bertz CT molecular complexity index is 754. The molecule has 32 heavy (non-hydrogen) atoms. The highest BCUT2D eigenvalue weighted by Gasteiger charge is 2.12. The summed E-state index contributed by atoms with van der Waals surface area (Å²) < 4.78 is 3.00. The van der Waals surface area contributed by atoms with E-state index >= 15 is 0 Å². The third kappa shape index (κ3) is 13.1. The highest BCUT2D eigenvalue weighted by molar-refractivity contribution is 7.97. The first-order valence-corrected chi connectivity index (χ1v) is 11.8. The van der Waals surface area contributed by atoms with Crippen LogP contribution >= 0.6 is 11.9 Å². The maximum Gasteiger partial charge on any atom is 0.269 e. The van der Waals surface area contributed by atoms with Crippen molar-refractivity contribution in [2.45, 2.75) is 58.5 Å². The van der Waals surface area contributed by atoms with E-state index in [-0.39, 0.29) is 11.6 Å². The van der Waals surface area contributed by atoms with Gasteiger partial charge < -0.3 is 10.0 Å². The number of nitrogens with zero attached hydrogens (tertiary/aromatic N) is 2. The maximum absolute atomic E-state index is 11.8. The highest BCUT2D eigenvalue weighted by atomic mass is 32.2. The highest BCUT2D eigenvalue weighted by Crippen LogP contribution is 2.19. The Hall–Kier alpha value is -2.42. The van der Waals surface area contributed by atoms with Gasteiger partial charge >= 0.3 is 0 Å². The predicted octanol–water partition coefficient (Wildman–Crippen LogP) is 5.22. The number of aliphatic hydroxyl groups excluding tert-OH is 1. The van der Waals surface area contributed by atoms with Gasteiger partial charge in [-0.2, -0.15) is 0 Å². The zero-order valence-electron chi connectivity index (χ0n) is 19.8. The van der Waals surface area contributed by atoms with Gasteiger partial charge in [0, 0.05) is 43.1 Å². The summed E-state index contributed by atoms with van der Waals surface area (Å²) in [5, 5.41) is 20.4. The van der Waals surface area contributed by atoms with Crippen LogP contribution in [0.1, 0.15) is 46.1 Å². The van der Waals surface area contributed by atoms with Crippen molar-refractivity contribution in [3.05, 3.63) is 70.3 Å². The first-order chi connectivity index (χ1) is 15.4. The van der Waals surface area contributed by atoms with Crippen molar-refractivity contribution < 1.29 is 14.8 Å². The molecule has 2 aromatic rings. The minimum Gasteiger partial charge on any atom is -0.392 e. The second-order valence-corrected chi connectivity index (χ2v) is 7.58. The van der Waals surface area contributed by atoms with Crippen LogP contribution in [0.3, 0.4) is 0 Å². The molecule has 0 saturated heterocycles. The molecule has 178 valence electrons. The van der Waals surface area contributed by atoms with E-state index in [9.17, 15) is 20.0 Å². The Morgan fingerprint density at radius 1 is 1.09 bits per heavy atom. The number of nitro groups is 1. The summed E-state index contributed by atoms with van der Waals surface area (Å²) in [6.45, 7) is 11.6. The van der Waals surface area contributed by atoms with E-state index < -0.39 is 11.0 Å². The Labute approximate surface area is 196 Å². The van der Waals surface area contributed by atoms with Gasteiger partial charge in [-0.15, -0.1) is 0 Å². The minimum absolute atomic E-state index is 0.0456. The lowest BCUT2D eigenvalue weighted by Crippen LogP contribution is -2.32. The molecule has 2 rings (SSSR count). The Balaban J connectivity index is 0.000000889. The Morgan fingerprint density at radius 2 is 1.66 bits per heavy atom. The summed E-state index contributed by atoms with van der Waals surface area (Å²) in [4.78, 5) is 24.5. The molecule has 7 nitrogen and oxygen atoms in total. The standard InChI is InChI=1S/C15H23N3O4S.C7H8.C2H6/c1-3-17(4-2)15(20)10-7-13(19)11-16-23-14-8-5-12(6-9-14)18(21)22;1-7-5-3-2-4-6-7;1-2/h5-6,8-9,13,16,19H,3-4,7,10-11H2,1-2H3;2-6H,1H3;1-2H3. The lowest BCUT2D eigenvalue weighted by Gasteiger charge is -2.19. The molecule has 0 bridgehead atoms. The van der Waals surface area contributed by atoms with Crippen molar-refractivity contribution in [3.63, 3.8) is 0 Å². The molecule has 0 aromatic heterocycles. The predicted molar refractivity (Wildman–Crippen MR) is 133 cm³/mol. The number of aliphatic hydroxyl groups is 1. The van der Waals surface area contributed by atoms with Gasteiger partial charge in [-0.1, -0.05) is 49.7 Å². The van der Waals surface area contributed by atoms with Crippen LogP contribution in [0.15, 0.2) is 59.5 Å². The largest absolute Gasteiger partial charge is 0.392 e. The molecule has 8 heteroatoms. The number of nitro benzene ring substituents is 1. The lowest BCUT2D eigenvalue weighted by molar-refractivity contribution is -0.384. The van der Waals surface area contributed by atoms with Crippen LogP contribution in [-0.4, -0.2) is 46.6 Å². The minimum atomic E-state index is -0.611. The molecule has 0 heterocycles. The topological polar surface area (TPSA) is 95.7 Å². The van der Waals surface area contributed by atoms with Gasteiger partial charge in [0.15, 0.2) is 0 Å².